The number of amides is 2. The zero-order valence-corrected chi connectivity index (χ0v) is 26.0. The number of hydrogen-bond acceptors (Lipinski definition) is 4. The summed E-state index contributed by atoms with van der Waals surface area (Å²) in [6.45, 7) is 4.64. The molecule has 0 aliphatic carbocycles. The summed E-state index contributed by atoms with van der Waals surface area (Å²) < 4.78 is 26.5. The fraction of sp³-hybridized carbons (Fsp3) is 0.355. The zero-order chi connectivity index (χ0) is 30.0. The number of nitrogens with zero attached hydrogens (tertiary/aromatic N) is 2. The number of rotatable bonds is 14. The predicted molar refractivity (Wildman–Crippen MR) is 167 cm³/mol. The first-order valence-corrected chi connectivity index (χ1v) is 16.2. The Labute approximate surface area is 253 Å². The van der Waals surface area contributed by atoms with Gasteiger partial charge in [-0.15, -0.1) is 0 Å². The number of sulfonamides is 1. The Bertz CT molecular complexity index is 1420. The fourth-order valence-electron chi connectivity index (χ4n) is 4.47. The van der Waals surface area contributed by atoms with Gasteiger partial charge in [-0.1, -0.05) is 84.2 Å². The van der Waals surface area contributed by atoms with E-state index in [9.17, 15) is 18.0 Å². The monoisotopic (exact) mass is 617 g/mol. The Morgan fingerprint density at radius 2 is 1.61 bits per heavy atom. The number of halogens is 2. The molecule has 10 heteroatoms. The van der Waals surface area contributed by atoms with E-state index in [2.05, 4.69) is 5.32 Å². The molecule has 2 amide bonds. The molecular formula is C31H37Cl2N3O4S. The summed E-state index contributed by atoms with van der Waals surface area (Å²) in [5.74, 6) is -0.512. The fourth-order valence-corrected chi connectivity index (χ4v) is 5.76. The maximum atomic E-state index is 13.8. The third-order valence-electron chi connectivity index (χ3n) is 6.63. The van der Waals surface area contributed by atoms with Gasteiger partial charge in [0.1, 0.15) is 6.04 Å². The van der Waals surface area contributed by atoms with Crippen LogP contribution in [-0.2, 0) is 32.6 Å². The average molecular weight is 619 g/mol. The number of nitrogens with one attached hydrogen (secondary N) is 1. The lowest BCUT2D eigenvalue weighted by atomic mass is 10.0. The number of carbonyl (C=O) groups excluding carboxylic acids is 2. The highest BCUT2D eigenvalue weighted by Crippen LogP contribution is 2.25. The van der Waals surface area contributed by atoms with Crippen molar-refractivity contribution in [1.82, 2.24) is 10.2 Å². The molecule has 1 atom stereocenters. The molecule has 0 heterocycles. The first-order chi connectivity index (χ1) is 19.5. The van der Waals surface area contributed by atoms with Crippen molar-refractivity contribution in [3.8, 4) is 0 Å². The van der Waals surface area contributed by atoms with Gasteiger partial charge in [0.25, 0.3) is 0 Å². The van der Waals surface area contributed by atoms with Gasteiger partial charge in [0.05, 0.1) is 22.0 Å². The van der Waals surface area contributed by atoms with Crippen molar-refractivity contribution in [3.63, 3.8) is 0 Å². The van der Waals surface area contributed by atoms with E-state index in [1.54, 1.807) is 35.2 Å². The number of aryl methyl sites for hydroxylation is 1. The molecule has 0 fully saturated rings. The summed E-state index contributed by atoms with van der Waals surface area (Å²) >= 11 is 12.4. The van der Waals surface area contributed by atoms with E-state index in [1.165, 1.54) is 4.31 Å². The van der Waals surface area contributed by atoms with Crippen LogP contribution in [0, 0.1) is 6.92 Å². The second kappa shape index (κ2) is 15.2. The maximum Gasteiger partial charge on any atom is 0.243 e. The first kappa shape index (κ1) is 32.4. The second-order valence-corrected chi connectivity index (χ2v) is 12.8. The van der Waals surface area contributed by atoms with Crippen LogP contribution >= 0.6 is 23.2 Å². The highest BCUT2D eigenvalue weighted by Gasteiger charge is 2.30. The van der Waals surface area contributed by atoms with Gasteiger partial charge < -0.3 is 10.2 Å². The molecular weight excluding hydrogens is 581 g/mol. The van der Waals surface area contributed by atoms with Crippen molar-refractivity contribution >= 4 is 50.7 Å². The van der Waals surface area contributed by atoms with Gasteiger partial charge >= 0.3 is 0 Å². The molecule has 0 radical (unpaired) electrons. The molecule has 220 valence electrons. The minimum absolute atomic E-state index is 0.0472. The van der Waals surface area contributed by atoms with Gasteiger partial charge in [0, 0.05) is 32.5 Å². The second-order valence-electron chi connectivity index (χ2n) is 10.0. The van der Waals surface area contributed by atoms with Gasteiger partial charge in [0.2, 0.25) is 21.8 Å². The largest absolute Gasteiger partial charge is 0.354 e. The third-order valence-corrected chi connectivity index (χ3v) is 8.56. The van der Waals surface area contributed by atoms with Crippen LogP contribution in [0.2, 0.25) is 10.0 Å². The predicted octanol–water partition coefficient (Wildman–Crippen LogP) is 6.01. The van der Waals surface area contributed by atoms with Gasteiger partial charge in [-0.3, -0.25) is 13.9 Å². The van der Waals surface area contributed by atoms with Crippen LogP contribution in [0.4, 0.5) is 5.69 Å². The summed E-state index contributed by atoms with van der Waals surface area (Å²) in [5, 5.41) is 3.70. The van der Waals surface area contributed by atoms with Gasteiger partial charge in [-0.2, -0.15) is 0 Å². The van der Waals surface area contributed by atoms with Crippen LogP contribution in [0.1, 0.15) is 42.9 Å². The van der Waals surface area contributed by atoms with E-state index in [0.717, 1.165) is 29.4 Å². The summed E-state index contributed by atoms with van der Waals surface area (Å²) in [7, 11) is -3.57. The Morgan fingerprint density at radius 1 is 0.927 bits per heavy atom. The summed E-state index contributed by atoms with van der Waals surface area (Å²) in [5.41, 5.74) is 3.20. The Morgan fingerprint density at radius 3 is 2.22 bits per heavy atom. The first-order valence-electron chi connectivity index (χ1n) is 13.6. The van der Waals surface area contributed by atoms with E-state index in [-0.39, 0.29) is 37.7 Å². The smallest absolute Gasteiger partial charge is 0.243 e. The number of benzene rings is 3. The normalized spacial score (nSPS) is 12.0. The lowest BCUT2D eigenvalue weighted by Crippen LogP contribution is -2.50. The van der Waals surface area contributed by atoms with Gasteiger partial charge in [-0.05, 0) is 55.2 Å². The van der Waals surface area contributed by atoms with Gasteiger partial charge in [-0.25, -0.2) is 8.42 Å². The van der Waals surface area contributed by atoms with E-state index < -0.39 is 16.1 Å². The highest BCUT2D eigenvalue weighted by molar-refractivity contribution is 7.92. The number of carbonyl (C=O) groups is 2. The van der Waals surface area contributed by atoms with E-state index >= 15 is 0 Å². The molecule has 0 saturated heterocycles. The molecule has 7 nitrogen and oxygen atoms in total. The molecule has 0 bridgehead atoms. The van der Waals surface area contributed by atoms with E-state index in [0.29, 0.717) is 28.7 Å². The topological polar surface area (TPSA) is 86.8 Å². The van der Waals surface area contributed by atoms with Crippen LogP contribution in [-0.4, -0.2) is 50.5 Å². The standard InChI is InChI=1S/C31H37Cl2N3O4S/c1-4-18-34-31(38)29(21-24-9-6-5-7-10-24)35(22-25-14-17-27(32)28(33)20-25)30(37)11-8-19-36(41(3,39)40)26-15-12-23(2)13-16-26/h5-7,9-10,12-17,20,29H,4,8,11,18-19,21-22H2,1-3H3,(H,34,38)/t29-/m1/s1. The van der Waals surface area contributed by atoms with Gasteiger partial charge in [0.15, 0.2) is 0 Å². The zero-order valence-electron chi connectivity index (χ0n) is 23.6. The molecule has 0 spiro atoms. The van der Waals surface area contributed by atoms with Crippen LogP contribution in [0.15, 0.2) is 72.8 Å². The van der Waals surface area contributed by atoms with Crippen molar-refractivity contribution in [2.45, 2.75) is 52.1 Å². The van der Waals surface area contributed by atoms with E-state index in [1.807, 2.05) is 56.3 Å². The number of anilines is 1. The van der Waals surface area contributed by atoms with E-state index in [4.69, 9.17) is 23.2 Å². The summed E-state index contributed by atoms with van der Waals surface area (Å²) in [6, 6.07) is 21.1. The van der Waals surface area contributed by atoms with Crippen molar-refractivity contribution in [3.05, 3.63) is 99.5 Å². The Hall–Kier alpha value is -3.07. The number of hydrogen-bond donors (Lipinski definition) is 1. The maximum absolute atomic E-state index is 13.8. The van der Waals surface area contributed by atoms with Crippen molar-refractivity contribution in [2.24, 2.45) is 0 Å². The molecule has 0 aromatic heterocycles. The summed E-state index contributed by atoms with van der Waals surface area (Å²) in [4.78, 5) is 28.9. The minimum atomic E-state index is -3.57. The van der Waals surface area contributed by atoms with Crippen molar-refractivity contribution < 1.29 is 18.0 Å². The molecule has 41 heavy (non-hydrogen) atoms. The van der Waals surface area contributed by atoms with Crippen molar-refractivity contribution in [2.75, 3.05) is 23.7 Å². The Kier molecular flexibility index (Phi) is 12.1. The molecule has 3 aromatic carbocycles. The molecule has 0 aliphatic heterocycles. The molecule has 0 unspecified atom stereocenters. The average Bonchev–Trinajstić information content (AvgIpc) is 2.94. The molecule has 3 aromatic rings. The molecule has 0 aliphatic rings. The molecule has 1 N–H and O–H groups in total. The Balaban J connectivity index is 1.88. The lowest BCUT2D eigenvalue weighted by Gasteiger charge is -2.32. The summed E-state index contributed by atoms with van der Waals surface area (Å²) in [6.07, 6.45) is 2.55. The lowest BCUT2D eigenvalue weighted by molar-refractivity contribution is -0.141. The molecule has 0 saturated carbocycles. The minimum Gasteiger partial charge on any atom is -0.354 e. The van der Waals surface area contributed by atoms with Crippen LogP contribution < -0.4 is 9.62 Å². The van der Waals surface area contributed by atoms with Crippen LogP contribution in [0.25, 0.3) is 0 Å². The molecule has 3 rings (SSSR count). The SMILES string of the molecule is CCCNC(=O)[C@@H](Cc1ccccc1)N(Cc1ccc(Cl)c(Cl)c1)C(=O)CCCN(c1ccc(C)cc1)S(C)(=O)=O. The van der Waals surface area contributed by atoms with Crippen LogP contribution in [0.3, 0.4) is 0 Å². The van der Waals surface area contributed by atoms with Crippen molar-refractivity contribution in [1.29, 1.82) is 0 Å². The quantitative estimate of drug-likeness (QED) is 0.240. The third kappa shape index (κ3) is 9.76. The highest BCUT2D eigenvalue weighted by atomic mass is 35.5. The van der Waals surface area contributed by atoms with Crippen LogP contribution in [0.5, 0.6) is 0 Å².